The largest absolute Gasteiger partial charge is 0.342 e. The number of aromatic nitrogens is 6. The van der Waals surface area contributed by atoms with Crippen molar-refractivity contribution in [1.29, 1.82) is 0 Å². The highest BCUT2D eigenvalue weighted by atomic mass is 16.2. The molecule has 0 saturated carbocycles. The first-order valence-electron chi connectivity index (χ1n) is 9.73. The van der Waals surface area contributed by atoms with Gasteiger partial charge in [-0.1, -0.05) is 13.0 Å². The number of pyridine rings is 1. The van der Waals surface area contributed by atoms with E-state index in [0.29, 0.717) is 12.5 Å². The van der Waals surface area contributed by atoms with Gasteiger partial charge in [-0.05, 0) is 25.0 Å². The molecule has 146 valence electrons. The van der Waals surface area contributed by atoms with E-state index in [4.69, 9.17) is 0 Å². The van der Waals surface area contributed by atoms with Gasteiger partial charge >= 0.3 is 0 Å². The van der Waals surface area contributed by atoms with E-state index in [1.807, 2.05) is 48.6 Å². The van der Waals surface area contributed by atoms with E-state index in [0.717, 1.165) is 44.0 Å². The molecule has 0 radical (unpaired) electrons. The van der Waals surface area contributed by atoms with Gasteiger partial charge < -0.3 is 9.47 Å². The molecule has 1 aliphatic heterocycles. The molecule has 0 spiro atoms. The number of nitrogens with zero attached hydrogens (tertiary/aromatic N) is 7. The molecular formula is C20H25N7O. The smallest absolute Gasteiger partial charge is 0.227 e. The molecule has 3 aromatic rings. The Bertz CT molecular complexity index is 882. The van der Waals surface area contributed by atoms with Crippen molar-refractivity contribution in [3.05, 3.63) is 61.0 Å². The third kappa shape index (κ3) is 4.11. The maximum atomic E-state index is 12.8. The average molecular weight is 379 g/mol. The Kier molecular flexibility index (Phi) is 5.45. The summed E-state index contributed by atoms with van der Waals surface area (Å²) in [5.74, 6) is 1.54. The summed E-state index contributed by atoms with van der Waals surface area (Å²) in [5, 5.41) is 4.09. The van der Waals surface area contributed by atoms with Crippen LogP contribution >= 0.6 is 0 Å². The molecule has 8 nitrogen and oxygen atoms in total. The topological polar surface area (TPSA) is 81.7 Å². The van der Waals surface area contributed by atoms with Crippen LogP contribution in [0.2, 0.25) is 0 Å². The van der Waals surface area contributed by atoms with E-state index in [-0.39, 0.29) is 11.8 Å². The van der Waals surface area contributed by atoms with Crippen molar-refractivity contribution in [3.63, 3.8) is 0 Å². The van der Waals surface area contributed by atoms with Crippen LogP contribution in [0.25, 0.3) is 0 Å². The number of hydrogen-bond acceptors (Lipinski definition) is 5. The summed E-state index contributed by atoms with van der Waals surface area (Å²) in [6, 6.07) is 5.96. The molecule has 4 heterocycles. The highest BCUT2D eigenvalue weighted by molar-refractivity contribution is 5.78. The molecule has 1 fully saturated rings. The first-order chi connectivity index (χ1) is 13.7. The molecule has 1 atom stereocenters. The molecular weight excluding hydrogens is 354 g/mol. The highest BCUT2D eigenvalue weighted by Crippen LogP contribution is 2.28. The number of amides is 1. The molecule has 28 heavy (non-hydrogen) atoms. The molecule has 1 aliphatic rings. The van der Waals surface area contributed by atoms with Gasteiger partial charge in [-0.3, -0.25) is 14.5 Å². The third-order valence-electron chi connectivity index (χ3n) is 5.33. The molecule has 0 unspecified atom stereocenters. The number of rotatable bonds is 6. The number of carbonyl (C=O) groups excluding carboxylic acids is 1. The van der Waals surface area contributed by atoms with Crippen LogP contribution in [0.3, 0.4) is 0 Å². The van der Waals surface area contributed by atoms with E-state index in [2.05, 4.69) is 24.6 Å². The summed E-state index contributed by atoms with van der Waals surface area (Å²) in [7, 11) is 0. The van der Waals surface area contributed by atoms with Crippen molar-refractivity contribution in [1.82, 2.24) is 34.2 Å². The Labute approximate surface area is 164 Å². The predicted molar refractivity (Wildman–Crippen MR) is 103 cm³/mol. The lowest BCUT2D eigenvalue weighted by Gasteiger charge is -2.33. The molecule has 4 rings (SSSR count). The minimum atomic E-state index is -0.107. The Morgan fingerprint density at radius 2 is 2.07 bits per heavy atom. The van der Waals surface area contributed by atoms with Crippen LogP contribution in [0, 0.1) is 5.92 Å². The number of piperidine rings is 1. The van der Waals surface area contributed by atoms with Crippen molar-refractivity contribution >= 4 is 5.91 Å². The summed E-state index contributed by atoms with van der Waals surface area (Å²) < 4.78 is 3.89. The minimum Gasteiger partial charge on any atom is -0.342 e. The van der Waals surface area contributed by atoms with Gasteiger partial charge in [0.25, 0.3) is 0 Å². The van der Waals surface area contributed by atoms with E-state index in [9.17, 15) is 4.79 Å². The zero-order valence-corrected chi connectivity index (χ0v) is 16.1. The quantitative estimate of drug-likeness (QED) is 0.654. The Morgan fingerprint density at radius 3 is 2.79 bits per heavy atom. The van der Waals surface area contributed by atoms with Gasteiger partial charge in [0.05, 0.1) is 24.7 Å². The van der Waals surface area contributed by atoms with Gasteiger partial charge in [-0.2, -0.15) is 5.10 Å². The van der Waals surface area contributed by atoms with Crippen LogP contribution in [0.5, 0.6) is 0 Å². The van der Waals surface area contributed by atoms with Crippen molar-refractivity contribution < 1.29 is 4.79 Å². The van der Waals surface area contributed by atoms with Crippen LogP contribution in [-0.4, -0.2) is 53.2 Å². The summed E-state index contributed by atoms with van der Waals surface area (Å²) in [6.07, 6.45) is 10.7. The SMILES string of the molecule is C[C@H](Cn1cncn1)C(=O)N1CCC(c2nccn2Cc2ccccn2)CC1. The van der Waals surface area contributed by atoms with Gasteiger partial charge in [0.2, 0.25) is 5.91 Å². The molecule has 3 aromatic heterocycles. The second kappa shape index (κ2) is 8.33. The normalized spacial score (nSPS) is 16.2. The van der Waals surface area contributed by atoms with E-state index < -0.39 is 0 Å². The monoisotopic (exact) mass is 379 g/mol. The third-order valence-corrected chi connectivity index (χ3v) is 5.33. The maximum Gasteiger partial charge on any atom is 0.227 e. The molecule has 0 aliphatic carbocycles. The van der Waals surface area contributed by atoms with Crippen LogP contribution < -0.4 is 0 Å². The van der Waals surface area contributed by atoms with Crippen molar-refractivity contribution in [2.45, 2.75) is 38.8 Å². The van der Waals surface area contributed by atoms with Gasteiger partial charge in [-0.15, -0.1) is 0 Å². The van der Waals surface area contributed by atoms with Crippen LogP contribution in [0.1, 0.15) is 37.2 Å². The molecule has 8 heteroatoms. The van der Waals surface area contributed by atoms with Gasteiger partial charge in [0.1, 0.15) is 18.5 Å². The van der Waals surface area contributed by atoms with Crippen LogP contribution in [0.4, 0.5) is 0 Å². The zero-order chi connectivity index (χ0) is 19.3. The van der Waals surface area contributed by atoms with E-state index in [1.54, 1.807) is 11.0 Å². The Balaban J connectivity index is 1.34. The van der Waals surface area contributed by atoms with Crippen LogP contribution in [0.15, 0.2) is 49.4 Å². The number of imidazole rings is 1. The average Bonchev–Trinajstić information content (AvgIpc) is 3.40. The highest BCUT2D eigenvalue weighted by Gasteiger charge is 2.28. The molecule has 0 N–H and O–H groups in total. The standard InChI is InChI=1S/C20H25N7O/c1-16(12-27-15-21-14-24-27)20(28)25-9-5-17(6-10-25)19-23-8-11-26(19)13-18-4-2-3-7-22-18/h2-4,7-8,11,14-17H,5-6,9-10,12-13H2,1H3/t16-/m1/s1. The van der Waals surface area contributed by atoms with Gasteiger partial charge in [0.15, 0.2) is 0 Å². The number of likely N-dealkylation sites (tertiary alicyclic amines) is 1. The lowest BCUT2D eigenvalue weighted by atomic mass is 9.95. The fourth-order valence-corrected chi connectivity index (χ4v) is 3.84. The van der Waals surface area contributed by atoms with Crippen LogP contribution in [-0.2, 0) is 17.9 Å². The summed E-state index contributed by atoms with van der Waals surface area (Å²) in [5.41, 5.74) is 1.02. The predicted octanol–water partition coefficient (Wildman–Crippen LogP) is 1.96. The summed E-state index contributed by atoms with van der Waals surface area (Å²) >= 11 is 0. The zero-order valence-electron chi connectivity index (χ0n) is 16.1. The van der Waals surface area contributed by atoms with Crippen molar-refractivity contribution in [3.8, 4) is 0 Å². The minimum absolute atomic E-state index is 0.107. The second-order valence-electron chi connectivity index (χ2n) is 7.35. The Hall–Kier alpha value is -3.03. The van der Waals surface area contributed by atoms with Crippen molar-refractivity contribution in [2.75, 3.05) is 13.1 Å². The molecule has 0 bridgehead atoms. The first-order valence-corrected chi connectivity index (χ1v) is 9.73. The second-order valence-corrected chi connectivity index (χ2v) is 7.35. The Morgan fingerprint density at radius 1 is 1.21 bits per heavy atom. The fraction of sp³-hybridized carbons (Fsp3) is 0.450. The van der Waals surface area contributed by atoms with Gasteiger partial charge in [0, 0.05) is 37.6 Å². The lowest BCUT2D eigenvalue weighted by Crippen LogP contribution is -2.42. The summed E-state index contributed by atoms with van der Waals surface area (Å²) in [6.45, 7) is 4.77. The van der Waals surface area contributed by atoms with E-state index >= 15 is 0 Å². The van der Waals surface area contributed by atoms with Crippen molar-refractivity contribution in [2.24, 2.45) is 5.92 Å². The molecule has 0 aromatic carbocycles. The fourth-order valence-electron chi connectivity index (χ4n) is 3.84. The summed E-state index contributed by atoms with van der Waals surface area (Å²) in [4.78, 5) is 27.7. The molecule has 1 amide bonds. The maximum absolute atomic E-state index is 12.8. The number of hydrogen-bond donors (Lipinski definition) is 0. The lowest BCUT2D eigenvalue weighted by molar-refractivity contribution is -0.136. The van der Waals surface area contributed by atoms with Gasteiger partial charge in [-0.25, -0.2) is 9.97 Å². The number of carbonyl (C=O) groups is 1. The van der Waals surface area contributed by atoms with E-state index in [1.165, 1.54) is 6.33 Å². The first kappa shape index (κ1) is 18.3. The molecule has 1 saturated heterocycles.